The van der Waals surface area contributed by atoms with Crippen LogP contribution in [0.25, 0.3) is 11.1 Å². The van der Waals surface area contributed by atoms with E-state index in [4.69, 9.17) is 26.8 Å². The number of nitrogens with zero attached hydrogens (tertiary/aromatic N) is 3. The second-order valence-corrected chi connectivity index (χ2v) is 10.3. The van der Waals surface area contributed by atoms with Gasteiger partial charge < -0.3 is 25.4 Å². The van der Waals surface area contributed by atoms with Crippen molar-refractivity contribution in [3.63, 3.8) is 0 Å². The predicted octanol–water partition coefficient (Wildman–Crippen LogP) is 6.25. The number of amides is 1. The summed E-state index contributed by atoms with van der Waals surface area (Å²) in [4.78, 5) is 18.0. The fourth-order valence-corrected chi connectivity index (χ4v) is 4.46. The minimum absolute atomic E-state index is 0.00781. The predicted molar refractivity (Wildman–Crippen MR) is 137 cm³/mol. The van der Waals surface area contributed by atoms with Gasteiger partial charge in [0.25, 0.3) is 0 Å². The molecule has 4 rings (SSSR count). The molecule has 0 aliphatic carbocycles. The number of benzene rings is 2. The number of hydrogen-bond acceptors (Lipinski definition) is 7. The molecular weight excluding hydrogens is 525 g/mol. The second-order valence-electron chi connectivity index (χ2n) is 9.85. The zero-order valence-electron chi connectivity index (χ0n) is 21.0. The van der Waals surface area contributed by atoms with Crippen molar-refractivity contribution in [2.45, 2.75) is 51.4 Å². The summed E-state index contributed by atoms with van der Waals surface area (Å²) >= 11 is 6.33. The highest BCUT2D eigenvalue weighted by Gasteiger charge is 2.36. The van der Waals surface area contributed by atoms with E-state index in [-0.39, 0.29) is 46.4 Å². The third kappa shape index (κ3) is 6.60. The van der Waals surface area contributed by atoms with Gasteiger partial charge in [-0.05, 0) is 63.4 Å². The molecule has 38 heavy (non-hydrogen) atoms. The highest BCUT2D eigenvalue weighted by molar-refractivity contribution is 6.34. The number of anilines is 3. The number of aromatic nitrogens is 3. The summed E-state index contributed by atoms with van der Waals surface area (Å²) in [6.07, 6.45) is -3.47. The van der Waals surface area contributed by atoms with E-state index in [2.05, 4.69) is 20.5 Å². The van der Waals surface area contributed by atoms with Crippen molar-refractivity contribution in [1.29, 1.82) is 0 Å². The van der Waals surface area contributed by atoms with Gasteiger partial charge in [-0.3, -0.25) is 0 Å². The molecule has 2 heterocycles. The summed E-state index contributed by atoms with van der Waals surface area (Å²) in [5, 5.41) is 8.70. The van der Waals surface area contributed by atoms with Gasteiger partial charge in [-0.25, -0.2) is 9.89 Å². The molecular formula is C25H28ClF3N6O3. The highest BCUT2D eigenvalue weighted by Crippen LogP contribution is 2.43. The Morgan fingerprint density at radius 2 is 1.95 bits per heavy atom. The maximum atomic E-state index is 14.0. The summed E-state index contributed by atoms with van der Waals surface area (Å²) in [7, 11) is 0. The van der Waals surface area contributed by atoms with E-state index in [1.807, 2.05) is 0 Å². The van der Waals surface area contributed by atoms with Crippen LogP contribution in [0, 0.1) is 0 Å². The molecule has 1 aliphatic heterocycles. The van der Waals surface area contributed by atoms with Gasteiger partial charge in [-0.1, -0.05) is 23.7 Å². The number of alkyl halides is 3. The summed E-state index contributed by atoms with van der Waals surface area (Å²) in [6.45, 7) is 6.23. The van der Waals surface area contributed by atoms with E-state index >= 15 is 0 Å². The van der Waals surface area contributed by atoms with Gasteiger partial charge in [0.15, 0.2) is 0 Å². The van der Waals surface area contributed by atoms with Crippen LogP contribution in [0.5, 0.6) is 5.75 Å². The van der Waals surface area contributed by atoms with E-state index in [9.17, 15) is 18.0 Å². The van der Waals surface area contributed by atoms with Gasteiger partial charge in [0.05, 0.1) is 16.6 Å². The first-order valence-electron chi connectivity index (χ1n) is 11.9. The summed E-state index contributed by atoms with van der Waals surface area (Å²) in [5.74, 6) is 0.474. The number of nitrogens with one attached hydrogen (secondary N) is 2. The Balaban J connectivity index is 1.50. The molecule has 9 nitrogen and oxygen atoms in total. The number of aromatic amines is 1. The van der Waals surface area contributed by atoms with Gasteiger partial charge in [-0.15, -0.1) is 5.10 Å². The van der Waals surface area contributed by atoms with Crippen molar-refractivity contribution in [3.8, 4) is 16.9 Å². The molecule has 1 aromatic heterocycles. The fourth-order valence-electron chi connectivity index (χ4n) is 4.14. The lowest BCUT2D eigenvalue weighted by Crippen LogP contribution is -2.42. The summed E-state index contributed by atoms with van der Waals surface area (Å²) in [5.41, 5.74) is 4.08. The van der Waals surface area contributed by atoms with Crippen LogP contribution >= 0.6 is 11.6 Å². The van der Waals surface area contributed by atoms with Gasteiger partial charge >= 0.3 is 12.3 Å². The molecule has 0 unspecified atom stereocenters. The molecule has 1 atom stereocenters. The fraction of sp³-hybridized carbons (Fsp3) is 0.400. The number of H-pyrrole nitrogens is 1. The number of likely N-dealkylation sites (tertiary alicyclic amines) is 1. The number of nitrogens with two attached hydrogens (primary N) is 1. The van der Waals surface area contributed by atoms with E-state index < -0.39 is 23.4 Å². The average molecular weight is 553 g/mol. The van der Waals surface area contributed by atoms with Crippen molar-refractivity contribution in [2.75, 3.05) is 24.2 Å². The van der Waals surface area contributed by atoms with E-state index in [0.29, 0.717) is 12.3 Å². The molecule has 1 amide bonds. The molecule has 0 radical (unpaired) electrons. The van der Waals surface area contributed by atoms with Crippen LogP contribution < -0.4 is 15.8 Å². The molecule has 0 saturated carbocycles. The first-order valence-corrected chi connectivity index (χ1v) is 12.3. The molecule has 204 valence electrons. The molecule has 1 aliphatic rings. The topological polar surface area (TPSA) is 118 Å². The lowest BCUT2D eigenvalue weighted by Gasteiger charge is -2.28. The van der Waals surface area contributed by atoms with Crippen molar-refractivity contribution in [1.82, 2.24) is 20.1 Å². The quantitative estimate of drug-likeness (QED) is 0.331. The van der Waals surface area contributed by atoms with Crippen LogP contribution in [0.1, 0.15) is 39.2 Å². The van der Waals surface area contributed by atoms with E-state index in [1.54, 1.807) is 37.8 Å². The van der Waals surface area contributed by atoms with Gasteiger partial charge in [0, 0.05) is 17.8 Å². The van der Waals surface area contributed by atoms with E-state index in [0.717, 1.165) is 18.9 Å². The number of hydrogen-bond donors (Lipinski definition) is 3. The Morgan fingerprint density at radius 3 is 2.55 bits per heavy atom. The minimum Gasteiger partial charge on any atom is -0.491 e. The number of nitrogen functional groups attached to an aromatic ring is 1. The zero-order valence-corrected chi connectivity index (χ0v) is 21.8. The van der Waals surface area contributed by atoms with Crippen LogP contribution in [-0.2, 0) is 10.9 Å². The standard InChI is InChI=1S/C25H28ClF3N6O3/c1-24(2,3)38-23(36)35-10-4-5-16(35)13-37-17-8-6-14(7-9-17)20-18(25(27,28)29)11-15(12-19(20)26)31-22-32-21(30)33-34-22/h6-9,11-12,16H,4-5,10,13H2,1-3H3,(H4,30,31,32,33,34)/t16-/m1/s1. The first kappa shape index (κ1) is 27.4. The normalized spacial score (nSPS) is 16.0. The molecule has 1 saturated heterocycles. The summed E-state index contributed by atoms with van der Waals surface area (Å²) < 4.78 is 53.3. The Hall–Kier alpha value is -3.67. The van der Waals surface area contributed by atoms with Crippen LogP contribution in [0.15, 0.2) is 36.4 Å². The maximum absolute atomic E-state index is 14.0. The molecule has 2 aromatic carbocycles. The average Bonchev–Trinajstić information content (AvgIpc) is 3.45. The largest absolute Gasteiger partial charge is 0.491 e. The van der Waals surface area contributed by atoms with Gasteiger partial charge in [0.2, 0.25) is 11.9 Å². The van der Waals surface area contributed by atoms with Crippen LogP contribution in [0.3, 0.4) is 0 Å². The highest BCUT2D eigenvalue weighted by atomic mass is 35.5. The lowest BCUT2D eigenvalue weighted by atomic mass is 9.98. The maximum Gasteiger partial charge on any atom is 0.417 e. The minimum atomic E-state index is -4.68. The Bertz CT molecular complexity index is 1290. The number of halogens is 4. The van der Waals surface area contributed by atoms with Crippen molar-refractivity contribution >= 4 is 35.3 Å². The number of carbonyl (C=O) groups excluding carboxylic acids is 1. The molecule has 0 spiro atoms. The number of ether oxygens (including phenoxy) is 2. The van der Waals surface area contributed by atoms with Crippen LogP contribution in [0.4, 0.5) is 35.5 Å². The first-order chi connectivity index (χ1) is 17.8. The molecule has 13 heteroatoms. The lowest BCUT2D eigenvalue weighted by molar-refractivity contribution is -0.137. The number of carbonyl (C=O) groups is 1. The Labute approximate surface area is 222 Å². The summed E-state index contributed by atoms with van der Waals surface area (Å²) in [6, 6.07) is 8.29. The monoisotopic (exact) mass is 552 g/mol. The second kappa shape index (κ2) is 10.6. The van der Waals surface area contributed by atoms with Crippen molar-refractivity contribution in [3.05, 3.63) is 47.0 Å². The Morgan fingerprint density at radius 1 is 1.24 bits per heavy atom. The third-order valence-electron chi connectivity index (χ3n) is 5.74. The zero-order chi connectivity index (χ0) is 27.7. The Kier molecular flexibility index (Phi) is 7.63. The molecule has 0 bridgehead atoms. The smallest absolute Gasteiger partial charge is 0.417 e. The third-order valence-corrected chi connectivity index (χ3v) is 6.04. The van der Waals surface area contributed by atoms with Crippen molar-refractivity contribution in [2.24, 2.45) is 0 Å². The van der Waals surface area contributed by atoms with E-state index in [1.165, 1.54) is 18.2 Å². The van der Waals surface area contributed by atoms with Crippen molar-refractivity contribution < 1.29 is 27.4 Å². The van der Waals surface area contributed by atoms with Crippen LogP contribution in [-0.4, -0.2) is 51.0 Å². The van der Waals surface area contributed by atoms with Gasteiger partial charge in [0.1, 0.15) is 18.0 Å². The molecule has 4 N–H and O–H groups in total. The van der Waals surface area contributed by atoms with Gasteiger partial charge in [-0.2, -0.15) is 18.2 Å². The van der Waals surface area contributed by atoms with Crippen LogP contribution in [0.2, 0.25) is 5.02 Å². The molecule has 3 aromatic rings. The number of rotatable bonds is 6. The SMILES string of the molecule is CC(C)(C)OC(=O)N1CCC[C@@H]1COc1ccc(-c2c(Cl)cc(Nc3n[nH]c(N)n3)cc2C(F)(F)F)cc1. The molecule has 1 fully saturated rings.